The molecule has 1 N–H and O–H groups in total. The molecule has 0 aromatic heterocycles. The van der Waals surface area contributed by atoms with Crippen LogP contribution in [0.3, 0.4) is 0 Å². The maximum atomic E-state index is 3.74. The number of benzene rings is 1. The van der Waals surface area contributed by atoms with Crippen LogP contribution in [-0.2, 0) is 0 Å². The van der Waals surface area contributed by atoms with Crippen molar-refractivity contribution in [2.45, 2.75) is 52.5 Å². The van der Waals surface area contributed by atoms with E-state index in [1.165, 1.54) is 36.9 Å². The molecule has 1 saturated carbocycles. The molecular formula is C15H21Br2N. The van der Waals surface area contributed by atoms with E-state index in [4.69, 9.17) is 0 Å². The van der Waals surface area contributed by atoms with Gasteiger partial charge in [-0.3, -0.25) is 0 Å². The Balaban J connectivity index is 2.23. The van der Waals surface area contributed by atoms with Gasteiger partial charge in [-0.1, -0.05) is 26.7 Å². The first kappa shape index (κ1) is 14.4. The smallest absolute Gasteiger partial charge is 0.0631 e. The monoisotopic (exact) mass is 373 g/mol. The van der Waals surface area contributed by atoms with E-state index in [1.54, 1.807) is 0 Å². The summed E-state index contributed by atoms with van der Waals surface area (Å²) in [5, 5.41) is 3.74. The fourth-order valence-corrected chi connectivity index (χ4v) is 4.42. The standard InChI is InChI=1S/C15H21Br2N/c1-10-8-11(16)14(12(17)9-10)18-13-6-4-5-7-15(13,2)3/h8-9,13,18H,4-7H2,1-3H3. The quantitative estimate of drug-likeness (QED) is 0.679. The summed E-state index contributed by atoms with van der Waals surface area (Å²) in [4.78, 5) is 0. The fraction of sp³-hybridized carbons (Fsp3) is 0.600. The Morgan fingerprint density at radius 2 is 1.78 bits per heavy atom. The molecule has 1 unspecified atom stereocenters. The second kappa shape index (κ2) is 5.54. The first-order valence-electron chi connectivity index (χ1n) is 6.62. The Kier molecular flexibility index (Phi) is 4.43. The van der Waals surface area contributed by atoms with Crippen molar-refractivity contribution in [2.24, 2.45) is 5.41 Å². The number of nitrogens with one attached hydrogen (secondary N) is 1. The van der Waals surface area contributed by atoms with E-state index >= 15 is 0 Å². The van der Waals surface area contributed by atoms with Gasteiger partial charge in [0.15, 0.2) is 0 Å². The second-order valence-corrected chi connectivity index (χ2v) is 7.74. The Morgan fingerprint density at radius 1 is 1.17 bits per heavy atom. The summed E-state index contributed by atoms with van der Waals surface area (Å²) in [5.41, 5.74) is 2.84. The van der Waals surface area contributed by atoms with Crippen LogP contribution in [0.2, 0.25) is 0 Å². The van der Waals surface area contributed by atoms with Crippen molar-refractivity contribution >= 4 is 37.5 Å². The Morgan fingerprint density at radius 3 is 2.33 bits per heavy atom. The maximum Gasteiger partial charge on any atom is 0.0631 e. The van der Waals surface area contributed by atoms with Gasteiger partial charge in [0.2, 0.25) is 0 Å². The molecule has 0 amide bonds. The molecule has 1 aromatic carbocycles. The molecular weight excluding hydrogens is 354 g/mol. The maximum absolute atomic E-state index is 3.74. The third kappa shape index (κ3) is 3.11. The molecule has 0 aliphatic heterocycles. The summed E-state index contributed by atoms with van der Waals surface area (Å²) >= 11 is 7.34. The van der Waals surface area contributed by atoms with Crippen molar-refractivity contribution in [3.63, 3.8) is 0 Å². The van der Waals surface area contributed by atoms with Crippen molar-refractivity contribution in [3.05, 3.63) is 26.6 Å². The van der Waals surface area contributed by atoms with E-state index < -0.39 is 0 Å². The highest BCUT2D eigenvalue weighted by Crippen LogP contribution is 2.40. The Labute approximate surface area is 127 Å². The van der Waals surface area contributed by atoms with Gasteiger partial charge in [-0.25, -0.2) is 0 Å². The largest absolute Gasteiger partial charge is 0.380 e. The van der Waals surface area contributed by atoms with E-state index in [0.717, 1.165) is 8.95 Å². The van der Waals surface area contributed by atoms with E-state index in [9.17, 15) is 0 Å². The number of aryl methyl sites for hydroxylation is 1. The third-order valence-corrected chi connectivity index (χ3v) is 5.26. The highest BCUT2D eigenvalue weighted by atomic mass is 79.9. The lowest BCUT2D eigenvalue weighted by Gasteiger charge is -2.40. The van der Waals surface area contributed by atoms with Crippen LogP contribution in [0.1, 0.15) is 45.1 Å². The summed E-state index contributed by atoms with van der Waals surface area (Å²) < 4.78 is 2.30. The average molecular weight is 375 g/mol. The van der Waals surface area contributed by atoms with Crippen LogP contribution in [-0.4, -0.2) is 6.04 Å². The number of anilines is 1. The zero-order valence-electron chi connectivity index (χ0n) is 11.3. The molecule has 2 rings (SSSR count). The molecule has 1 atom stereocenters. The Hall–Kier alpha value is -0.0200. The average Bonchev–Trinajstić information content (AvgIpc) is 2.24. The first-order chi connectivity index (χ1) is 8.40. The van der Waals surface area contributed by atoms with Crippen molar-refractivity contribution in [3.8, 4) is 0 Å². The number of rotatable bonds is 2. The van der Waals surface area contributed by atoms with Gasteiger partial charge in [0, 0.05) is 15.0 Å². The van der Waals surface area contributed by atoms with E-state index in [-0.39, 0.29) is 0 Å². The summed E-state index contributed by atoms with van der Waals surface area (Å²) in [7, 11) is 0. The minimum absolute atomic E-state index is 0.377. The molecule has 0 saturated heterocycles. The molecule has 1 aliphatic carbocycles. The van der Waals surface area contributed by atoms with Gasteiger partial charge in [-0.05, 0) is 74.7 Å². The molecule has 1 fully saturated rings. The predicted octanol–water partition coefficient (Wildman–Crippen LogP) is 5.90. The summed E-state index contributed by atoms with van der Waals surface area (Å²) in [6, 6.07) is 4.90. The molecule has 1 nitrogen and oxygen atoms in total. The van der Waals surface area contributed by atoms with Crippen LogP contribution >= 0.6 is 31.9 Å². The number of hydrogen-bond donors (Lipinski definition) is 1. The van der Waals surface area contributed by atoms with Gasteiger partial charge in [0.05, 0.1) is 5.69 Å². The molecule has 0 heterocycles. The lowest BCUT2D eigenvalue weighted by atomic mass is 9.73. The van der Waals surface area contributed by atoms with E-state index in [2.05, 4.69) is 70.1 Å². The van der Waals surface area contributed by atoms with Crippen molar-refractivity contribution in [1.29, 1.82) is 0 Å². The SMILES string of the molecule is Cc1cc(Br)c(NC2CCCCC2(C)C)c(Br)c1. The van der Waals surface area contributed by atoms with Gasteiger partial charge < -0.3 is 5.32 Å². The molecule has 0 radical (unpaired) electrons. The lowest BCUT2D eigenvalue weighted by Crippen LogP contribution is -2.39. The predicted molar refractivity (Wildman–Crippen MR) is 86.2 cm³/mol. The molecule has 1 aliphatic rings. The van der Waals surface area contributed by atoms with E-state index in [0.29, 0.717) is 11.5 Å². The highest BCUT2D eigenvalue weighted by molar-refractivity contribution is 9.11. The fourth-order valence-electron chi connectivity index (χ4n) is 2.77. The molecule has 0 bridgehead atoms. The minimum Gasteiger partial charge on any atom is -0.380 e. The molecule has 1 aromatic rings. The van der Waals surface area contributed by atoms with Gasteiger partial charge in [-0.2, -0.15) is 0 Å². The van der Waals surface area contributed by atoms with Crippen molar-refractivity contribution in [2.75, 3.05) is 5.32 Å². The number of halogens is 2. The van der Waals surface area contributed by atoms with Crippen LogP contribution in [0.5, 0.6) is 0 Å². The normalized spacial score (nSPS) is 22.8. The summed E-state index contributed by atoms with van der Waals surface area (Å²) in [6.07, 6.45) is 5.27. The first-order valence-corrected chi connectivity index (χ1v) is 8.21. The minimum atomic E-state index is 0.377. The second-order valence-electron chi connectivity index (χ2n) is 6.03. The van der Waals surface area contributed by atoms with Crippen LogP contribution in [0.15, 0.2) is 21.1 Å². The molecule has 100 valence electrons. The van der Waals surface area contributed by atoms with Crippen LogP contribution in [0, 0.1) is 12.3 Å². The topological polar surface area (TPSA) is 12.0 Å². The lowest BCUT2D eigenvalue weighted by molar-refractivity contribution is 0.217. The van der Waals surface area contributed by atoms with E-state index in [1.807, 2.05) is 0 Å². The van der Waals surface area contributed by atoms with Crippen LogP contribution < -0.4 is 5.32 Å². The number of hydrogen-bond acceptors (Lipinski definition) is 1. The molecule has 18 heavy (non-hydrogen) atoms. The van der Waals surface area contributed by atoms with Gasteiger partial charge >= 0.3 is 0 Å². The van der Waals surface area contributed by atoms with Crippen molar-refractivity contribution in [1.82, 2.24) is 0 Å². The zero-order chi connectivity index (χ0) is 13.3. The molecule has 0 spiro atoms. The zero-order valence-corrected chi connectivity index (χ0v) is 14.5. The van der Waals surface area contributed by atoms with Crippen LogP contribution in [0.25, 0.3) is 0 Å². The van der Waals surface area contributed by atoms with Gasteiger partial charge in [0.25, 0.3) is 0 Å². The van der Waals surface area contributed by atoms with Crippen LogP contribution in [0.4, 0.5) is 5.69 Å². The highest BCUT2D eigenvalue weighted by Gasteiger charge is 2.32. The van der Waals surface area contributed by atoms with Crippen molar-refractivity contribution < 1.29 is 0 Å². The third-order valence-electron chi connectivity index (χ3n) is 4.01. The summed E-state index contributed by atoms with van der Waals surface area (Å²) in [5.74, 6) is 0. The molecule has 3 heteroatoms. The Bertz CT molecular complexity index is 417. The summed E-state index contributed by atoms with van der Waals surface area (Å²) in [6.45, 7) is 6.86. The van der Waals surface area contributed by atoms with Gasteiger partial charge in [0.1, 0.15) is 0 Å². The van der Waals surface area contributed by atoms with Gasteiger partial charge in [-0.15, -0.1) is 0 Å².